The molecule has 207 valence electrons. The zero-order chi connectivity index (χ0) is 29.1. The standard InChI is InChI=1S/C37H29ClNO3/c1-24(39-37(41)42-23-33-30-18-10-8-16-28(30)29-17-9-11-19-31(29)33)36(40)27-20-21-32(34(38)22-27)35(25-12-4-2-5-13-25)26-14-6-3-7-15-26/h2-22,24,33H,23H2,1H3,(H,39,41)/t24-/m0/s1. The zero-order valence-corrected chi connectivity index (χ0v) is 23.8. The highest BCUT2D eigenvalue weighted by atomic mass is 35.5. The van der Waals surface area contributed by atoms with Crippen LogP contribution in [0, 0.1) is 5.92 Å². The van der Waals surface area contributed by atoms with Crippen molar-refractivity contribution in [1.82, 2.24) is 5.32 Å². The largest absolute Gasteiger partial charge is 0.449 e. The Morgan fingerprint density at radius 2 is 1.24 bits per heavy atom. The number of Topliss-reactive ketones (excluding diaryl/α,β-unsaturated/α-hetero) is 1. The summed E-state index contributed by atoms with van der Waals surface area (Å²) in [7, 11) is 0. The Kier molecular flexibility index (Phi) is 7.89. The van der Waals surface area contributed by atoms with Crippen LogP contribution in [0.25, 0.3) is 11.1 Å². The van der Waals surface area contributed by atoms with E-state index in [1.165, 1.54) is 0 Å². The maximum absolute atomic E-state index is 13.3. The Balaban J connectivity index is 1.14. The smallest absolute Gasteiger partial charge is 0.407 e. The molecule has 1 amide bonds. The molecule has 5 aromatic rings. The number of fused-ring (bicyclic) bond motifs is 3. The molecule has 6 rings (SSSR count). The Morgan fingerprint density at radius 1 is 0.714 bits per heavy atom. The van der Waals surface area contributed by atoms with Gasteiger partial charge in [0.1, 0.15) is 6.61 Å². The van der Waals surface area contributed by atoms with E-state index < -0.39 is 12.1 Å². The predicted octanol–water partition coefficient (Wildman–Crippen LogP) is 8.47. The van der Waals surface area contributed by atoms with Gasteiger partial charge in [0.15, 0.2) is 5.78 Å². The number of rotatable bonds is 8. The third kappa shape index (κ3) is 5.46. The molecule has 0 fully saturated rings. The van der Waals surface area contributed by atoms with Gasteiger partial charge in [0.05, 0.1) is 12.0 Å². The second kappa shape index (κ2) is 12.1. The zero-order valence-electron chi connectivity index (χ0n) is 23.1. The molecule has 42 heavy (non-hydrogen) atoms. The van der Waals surface area contributed by atoms with Crippen molar-refractivity contribution < 1.29 is 14.3 Å². The van der Waals surface area contributed by atoms with Crippen molar-refractivity contribution in [3.8, 4) is 11.1 Å². The Bertz CT molecular complexity index is 1650. The second-order valence-electron chi connectivity index (χ2n) is 10.4. The summed E-state index contributed by atoms with van der Waals surface area (Å²) in [5.74, 6) is 0.670. The van der Waals surface area contributed by atoms with E-state index in [0.29, 0.717) is 10.6 Å². The first-order chi connectivity index (χ1) is 20.5. The van der Waals surface area contributed by atoms with Crippen LogP contribution in [0.3, 0.4) is 0 Å². The molecule has 0 saturated heterocycles. The number of hydrogen-bond donors (Lipinski definition) is 1. The van der Waals surface area contributed by atoms with E-state index in [9.17, 15) is 9.59 Å². The van der Waals surface area contributed by atoms with Crippen molar-refractivity contribution >= 4 is 23.5 Å². The first-order valence-electron chi connectivity index (χ1n) is 13.9. The van der Waals surface area contributed by atoms with Crippen molar-refractivity contribution in [3.05, 3.63) is 172 Å². The van der Waals surface area contributed by atoms with E-state index in [-0.39, 0.29) is 18.3 Å². The summed E-state index contributed by atoms with van der Waals surface area (Å²) in [5.41, 5.74) is 7.86. The fourth-order valence-electron chi connectivity index (χ4n) is 5.69. The van der Waals surface area contributed by atoms with Crippen molar-refractivity contribution in [2.45, 2.75) is 18.9 Å². The van der Waals surface area contributed by atoms with Gasteiger partial charge in [-0.25, -0.2) is 4.79 Å². The summed E-state index contributed by atoms with van der Waals surface area (Å²) < 4.78 is 5.64. The summed E-state index contributed by atoms with van der Waals surface area (Å²) in [5, 5.41) is 3.16. The van der Waals surface area contributed by atoms with Gasteiger partial charge in [0.2, 0.25) is 0 Å². The van der Waals surface area contributed by atoms with E-state index >= 15 is 0 Å². The molecular weight excluding hydrogens is 542 g/mol. The number of hydrogen-bond acceptors (Lipinski definition) is 3. The molecule has 1 radical (unpaired) electrons. The number of ketones is 1. The lowest BCUT2D eigenvalue weighted by molar-refractivity contribution is 0.0929. The summed E-state index contributed by atoms with van der Waals surface area (Å²) in [4.78, 5) is 26.1. The average Bonchev–Trinajstić information content (AvgIpc) is 3.35. The number of amides is 1. The molecule has 1 atom stereocenters. The van der Waals surface area contributed by atoms with E-state index in [1.807, 2.05) is 91.0 Å². The van der Waals surface area contributed by atoms with Gasteiger partial charge >= 0.3 is 6.09 Å². The summed E-state index contributed by atoms with van der Waals surface area (Å²) in [6.45, 7) is 1.83. The normalized spacial score (nSPS) is 12.8. The minimum absolute atomic E-state index is 0.0554. The molecule has 0 heterocycles. The van der Waals surface area contributed by atoms with Crippen LogP contribution < -0.4 is 5.32 Å². The van der Waals surface area contributed by atoms with Gasteiger partial charge in [-0.05, 0) is 51.9 Å². The lowest BCUT2D eigenvalue weighted by Crippen LogP contribution is -2.39. The van der Waals surface area contributed by atoms with Crippen LogP contribution in [0.15, 0.2) is 127 Å². The van der Waals surface area contributed by atoms with E-state index in [0.717, 1.165) is 44.9 Å². The molecule has 5 heteroatoms. The molecule has 1 aliphatic rings. The van der Waals surface area contributed by atoms with Gasteiger partial charge in [-0.15, -0.1) is 0 Å². The number of halogens is 1. The topological polar surface area (TPSA) is 55.4 Å². The number of benzene rings is 5. The summed E-state index contributed by atoms with van der Waals surface area (Å²) in [6.07, 6.45) is -0.635. The molecule has 4 nitrogen and oxygen atoms in total. The fourth-order valence-corrected chi connectivity index (χ4v) is 5.97. The SMILES string of the molecule is C[C@H](NC(=O)OCC1c2ccccc2-c2ccccc21)C(=O)c1ccc([C](c2ccccc2)c2ccccc2)c(Cl)c1. The minimum Gasteiger partial charge on any atom is -0.449 e. The molecule has 1 N–H and O–H groups in total. The first kappa shape index (κ1) is 27.5. The Morgan fingerprint density at radius 3 is 1.79 bits per heavy atom. The van der Waals surface area contributed by atoms with Gasteiger partial charge in [0, 0.05) is 16.5 Å². The second-order valence-corrected chi connectivity index (χ2v) is 10.8. The third-order valence-electron chi connectivity index (χ3n) is 7.72. The Labute approximate surface area is 250 Å². The maximum atomic E-state index is 13.3. The third-order valence-corrected chi connectivity index (χ3v) is 8.03. The lowest BCUT2D eigenvalue weighted by Gasteiger charge is -2.20. The minimum atomic E-state index is -0.797. The van der Waals surface area contributed by atoms with Crippen molar-refractivity contribution in [2.75, 3.05) is 6.61 Å². The molecule has 0 saturated carbocycles. The fraction of sp³-hybridized carbons (Fsp3) is 0.108. The predicted molar refractivity (Wildman–Crippen MR) is 167 cm³/mol. The number of carbonyl (C=O) groups excluding carboxylic acids is 2. The summed E-state index contributed by atoms with van der Waals surface area (Å²) in [6, 6.07) is 40.9. The summed E-state index contributed by atoms with van der Waals surface area (Å²) >= 11 is 6.80. The number of ether oxygens (including phenoxy) is 1. The quantitative estimate of drug-likeness (QED) is 0.150. The Hall–Kier alpha value is -4.67. The van der Waals surface area contributed by atoms with Gasteiger partial charge in [-0.1, -0.05) is 133 Å². The van der Waals surface area contributed by atoms with Crippen molar-refractivity contribution in [1.29, 1.82) is 0 Å². The number of carbonyl (C=O) groups is 2. The lowest BCUT2D eigenvalue weighted by atomic mass is 9.84. The van der Waals surface area contributed by atoms with E-state index in [4.69, 9.17) is 16.3 Å². The van der Waals surface area contributed by atoms with E-state index in [2.05, 4.69) is 29.6 Å². The number of nitrogens with one attached hydrogen (secondary N) is 1. The first-order valence-corrected chi connectivity index (χ1v) is 14.3. The maximum Gasteiger partial charge on any atom is 0.407 e. The van der Waals surface area contributed by atoms with Crippen LogP contribution in [0.4, 0.5) is 4.79 Å². The van der Waals surface area contributed by atoms with Gasteiger partial charge in [-0.3, -0.25) is 4.79 Å². The van der Waals surface area contributed by atoms with Gasteiger partial charge in [0.25, 0.3) is 0 Å². The molecule has 0 aromatic heterocycles. The highest BCUT2D eigenvalue weighted by Crippen LogP contribution is 2.44. The molecule has 0 aliphatic heterocycles. The molecule has 0 unspecified atom stereocenters. The van der Waals surface area contributed by atoms with E-state index in [1.54, 1.807) is 19.1 Å². The van der Waals surface area contributed by atoms with Gasteiger partial charge < -0.3 is 10.1 Å². The molecular formula is C37H29ClNO3. The van der Waals surface area contributed by atoms with Crippen LogP contribution in [0.2, 0.25) is 5.02 Å². The van der Waals surface area contributed by atoms with Crippen molar-refractivity contribution in [2.24, 2.45) is 0 Å². The molecule has 5 aromatic carbocycles. The van der Waals surface area contributed by atoms with Crippen LogP contribution in [0.1, 0.15) is 51.0 Å². The highest BCUT2D eigenvalue weighted by Gasteiger charge is 2.29. The van der Waals surface area contributed by atoms with Crippen LogP contribution in [0.5, 0.6) is 0 Å². The van der Waals surface area contributed by atoms with Crippen LogP contribution >= 0.6 is 11.6 Å². The number of alkyl carbamates (subject to hydrolysis) is 1. The molecule has 0 bridgehead atoms. The molecule has 1 aliphatic carbocycles. The van der Waals surface area contributed by atoms with Gasteiger partial charge in [-0.2, -0.15) is 0 Å². The highest BCUT2D eigenvalue weighted by molar-refractivity contribution is 6.32. The molecule has 0 spiro atoms. The average molecular weight is 571 g/mol. The van der Waals surface area contributed by atoms with Crippen LogP contribution in [-0.2, 0) is 4.74 Å². The van der Waals surface area contributed by atoms with Crippen molar-refractivity contribution in [3.63, 3.8) is 0 Å². The monoisotopic (exact) mass is 570 g/mol. The van der Waals surface area contributed by atoms with Crippen LogP contribution in [-0.4, -0.2) is 24.5 Å².